The van der Waals surface area contributed by atoms with Gasteiger partial charge in [0.05, 0.1) is 0 Å². The molecule has 0 aliphatic rings. The zero-order valence-electron chi connectivity index (χ0n) is 6.60. The molecule has 0 saturated carbocycles. The molecular formula is C9H9F3. The maximum Gasteiger partial charge on any atom is 0.245 e. The molecule has 0 aliphatic heterocycles. The topological polar surface area (TPSA) is 0 Å². The third-order valence-corrected chi connectivity index (χ3v) is 1.77. The summed E-state index contributed by atoms with van der Waals surface area (Å²) in [6.45, 7) is 1.31. The van der Waals surface area contributed by atoms with Gasteiger partial charge in [0.25, 0.3) is 0 Å². The van der Waals surface area contributed by atoms with Crippen LogP contribution in [0.5, 0.6) is 0 Å². The van der Waals surface area contributed by atoms with Gasteiger partial charge in [-0.25, -0.2) is 13.2 Å². The Morgan fingerprint density at radius 1 is 1.17 bits per heavy atom. The molecule has 0 spiro atoms. The molecule has 0 bridgehead atoms. The number of hydrogen-bond acceptors (Lipinski definition) is 0. The van der Waals surface area contributed by atoms with Gasteiger partial charge in [-0.1, -0.05) is 25.1 Å². The van der Waals surface area contributed by atoms with Crippen LogP contribution in [0.25, 0.3) is 0 Å². The SMILES string of the molecule is C[C@@H](c1ccccc1F)C(F)F. The fourth-order valence-electron chi connectivity index (χ4n) is 0.980. The summed E-state index contributed by atoms with van der Waals surface area (Å²) in [5.74, 6) is -1.60. The van der Waals surface area contributed by atoms with Gasteiger partial charge in [0.2, 0.25) is 6.43 Å². The van der Waals surface area contributed by atoms with Crippen LogP contribution in [-0.2, 0) is 0 Å². The van der Waals surface area contributed by atoms with E-state index in [1.54, 1.807) is 6.07 Å². The molecule has 0 saturated heterocycles. The molecule has 0 fully saturated rings. The number of rotatable bonds is 2. The van der Waals surface area contributed by atoms with Crippen LogP contribution in [-0.4, -0.2) is 6.43 Å². The third kappa shape index (κ3) is 1.78. The molecule has 0 N–H and O–H groups in total. The molecule has 0 unspecified atom stereocenters. The van der Waals surface area contributed by atoms with E-state index in [1.165, 1.54) is 25.1 Å². The van der Waals surface area contributed by atoms with E-state index < -0.39 is 18.2 Å². The normalized spacial score (nSPS) is 13.4. The number of halogens is 3. The molecule has 0 nitrogen and oxygen atoms in total. The Morgan fingerprint density at radius 2 is 1.75 bits per heavy atom. The summed E-state index contributed by atoms with van der Waals surface area (Å²) in [5.41, 5.74) is 0.0764. The maximum atomic E-state index is 12.9. The Morgan fingerprint density at radius 3 is 2.25 bits per heavy atom. The Hall–Kier alpha value is -0.990. The Balaban J connectivity index is 2.94. The van der Waals surface area contributed by atoms with Crippen LogP contribution in [0.15, 0.2) is 24.3 Å². The molecule has 0 radical (unpaired) electrons. The van der Waals surface area contributed by atoms with Crippen LogP contribution in [0.3, 0.4) is 0 Å². The smallest absolute Gasteiger partial charge is 0.210 e. The van der Waals surface area contributed by atoms with Gasteiger partial charge in [0.15, 0.2) is 0 Å². The van der Waals surface area contributed by atoms with E-state index in [4.69, 9.17) is 0 Å². The zero-order chi connectivity index (χ0) is 9.14. The number of benzene rings is 1. The summed E-state index contributed by atoms with van der Waals surface area (Å²) in [5, 5.41) is 0. The maximum absolute atomic E-state index is 12.9. The predicted molar refractivity (Wildman–Crippen MR) is 40.8 cm³/mol. The molecule has 1 aromatic rings. The van der Waals surface area contributed by atoms with Crippen molar-refractivity contribution in [1.29, 1.82) is 0 Å². The average molecular weight is 174 g/mol. The van der Waals surface area contributed by atoms with E-state index in [9.17, 15) is 13.2 Å². The zero-order valence-corrected chi connectivity index (χ0v) is 6.60. The van der Waals surface area contributed by atoms with Crippen LogP contribution in [0.4, 0.5) is 13.2 Å². The second kappa shape index (κ2) is 3.61. The highest BCUT2D eigenvalue weighted by molar-refractivity contribution is 5.21. The van der Waals surface area contributed by atoms with E-state index in [0.29, 0.717) is 0 Å². The van der Waals surface area contributed by atoms with Gasteiger partial charge in [0.1, 0.15) is 5.82 Å². The molecule has 0 amide bonds. The molecule has 1 atom stereocenters. The summed E-state index contributed by atoms with van der Waals surface area (Å²) in [6.07, 6.45) is -2.51. The lowest BCUT2D eigenvalue weighted by atomic mass is 10.0. The highest BCUT2D eigenvalue weighted by Gasteiger charge is 2.19. The molecular weight excluding hydrogens is 165 g/mol. The molecule has 0 heterocycles. The van der Waals surface area contributed by atoms with Crippen LogP contribution in [0.2, 0.25) is 0 Å². The van der Waals surface area contributed by atoms with Crippen molar-refractivity contribution in [3.8, 4) is 0 Å². The quantitative estimate of drug-likeness (QED) is 0.645. The second-order valence-electron chi connectivity index (χ2n) is 2.64. The fraction of sp³-hybridized carbons (Fsp3) is 0.333. The molecule has 12 heavy (non-hydrogen) atoms. The molecule has 1 aromatic carbocycles. The Kier molecular flexibility index (Phi) is 2.74. The first kappa shape index (κ1) is 9.10. The first-order chi connectivity index (χ1) is 5.63. The standard InChI is InChI=1S/C9H9F3/c1-6(9(11)12)7-4-2-3-5-8(7)10/h2-6,9H,1H3/t6-/m0/s1. The van der Waals surface area contributed by atoms with Crippen molar-refractivity contribution in [2.45, 2.75) is 19.3 Å². The highest BCUT2D eigenvalue weighted by Crippen LogP contribution is 2.24. The van der Waals surface area contributed by atoms with Crippen molar-refractivity contribution in [2.24, 2.45) is 0 Å². The summed E-state index contributed by atoms with van der Waals surface area (Å²) in [6, 6.07) is 5.61. The third-order valence-electron chi connectivity index (χ3n) is 1.77. The first-order valence-corrected chi connectivity index (χ1v) is 3.65. The minimum atomic E-state index is -2.51. The van der Waals surface area contributed by atoms with E-state index in [-0.39, 0.29) is 5.56 Å². The van der Waals surface area contributed by atoms with Crippen LogP contribution >= 0.6 is 0 Å². The van der Waals surface area contributed by atoms with E-state index >= 15 is 0 Å². The largest absolute Gasteiger partial charge is 0.245 e. The Labute approximate surface area is 69.0 Å². The Bertz CT molecular complexity index is 258. The van der Waals surface area contributed by atoms with E-state index in [1.807, 2.05) is 0 Å². The lowest BCUT2D eigenvalue weighted by molar-refractivity contribution is 0.119. The second-order valence-corrected chi connectivity index (χ2v) is 2.64. The molecule has 3 heteroatoms. The van der Waals surface area contributed by atoms with Gasteiger partial charge >= 0.3 is 0 Å². The van der Waals surface area contributed by atoms with Crippen LogP contribution in [0, 0.1) is 5.82 Å². The van der Waals surface area contributed by atoms with E-state index in [2.05, 4.69) is 0 Å². The first-order valence-electron chi connectivity index (χ1n) is 3.65. The minimum Gasteiger partial charge on any atom is -0.210 e. The molecule has 0 aliphatic carbocycles. The van der Waals surface area contributed by atoms with Crippen molar-refractivity contribution in [1.82, 2.24) is 0 Å². The van der Waals surface area contributed by atoms with Crippen molar-refractivity contribution in [3.63, 3.8) is 0 Å². The molecule has 66 valence electrons. The molecule has 1 rings (SSSR count). The lowest BCUT2D eigenvalue weighted by Gasteiger charge is -2.10. The van der Waals surface area contributed by atoms with Crippen molar-refractivity contribution >= 4 is 0 Å². The van der Waals surface area contributed by atoms with Gasteiger partial charge in [-0.3, -0.25) is 0 Å². The van der Waals surface area contributed by atoms with Crippen LogP contribution in [0.1, 0.15) is 18.4 Å². The van der Waals surface area contributed by atoms with Crippen molar-refractivity contribution < 1.29 is 13.2 Å². The van der Waals surface area contributed by atoms with Gasteiger partial charge in [-0.2, -0.15) is 0 Å². The lowest BCUT2D eigenvalue weighted by Crippen LogP contribution is -2.06. The summed E-state index contributed by atoms with van der Waals surface area (Å²) in [7, 11) is 0. The summed E-state index contributed by atoms with van der Waals surface area (Å²) < 4.78 is 37.1. The van der Waals surface area contributed by atoms with Gasteiger partial charge < -0.3 is 0 Å². The monoisotopic (exact) mass is 174 g/mol. The highest BCUT2D eigenvalue weighted by atomic mass is 19.3. The van der Waals surface area contributed by atoms with E-state index in [0.717, 1.165) is 0 Å². The van der Waals surface area contributed by atoms with Gasteiger partial charge in [0, 0.05) is 5.92 Å². The minimum absolute atomic E-state index is 0.0764. The summed E-state index contributed by atoms with van der Waals surface area (Å²) in [4.78, 5) is 0. The fourth-order valence-corrected chi connectivity index (χ4v) is 0.980. The number of alkyl halides is 2. The summed E-state index contributed by atoms with van der Waals surface area (Å²) >= 11 is 0. The molecule has 0 aromatic heterocycles. The van der Waals surface area contributed by atoms with Crippen LogP contribution < -0.4 is 0 Å². The van der Waals surface area contributed by atoms with Gasteiger partial charge in [-0.15, -0.1) is 0 Å². The number of hydrogen-bond donors (Lipinski definition) is 0. The predicted octanol–water partition coefficient (Wildman–Crippen LogP) is 3.19. The van der Waals surface area contributed by atoms with Gasteiger partial charge in [-0.05, 0) is 11.6 Å². The average Bonchev–Trinajstić information content (AvgIpc) is 2.04. The van der Waals surface area contributed by atoms with Crippen molar-refractivity contribution in [3.05, 3.63) is 35.6 Å². The van der Waals surface area contributed by atoms with Crippen molar-refractivity contribution in [2.75, 3.05) is 0 Å².